The van der Waals surface area contributed by atoms with E-state index >= 15 is 0 Å². The number of ether oxygens (including phenoxy) is 2. The molecule has 1 aromatic carbocycles. The fraction of sp³-hybridized carbons (Fsp3) is 0.474. The molecule has 27 heavy (non-hydrogen) atoms. The van der Waals surface area contributed by atoms with Crippen molar-refractivity contribution < 1.29 is 28.2 Å². The number of carboxylic acid groups (broad SMARTS) is 1. The van der Waals surface area contributed by atoms with Crippen molar-refractivity contribution in [1.29, 1.82) is 0 Å². The van der Waals surface area contributed by atoms with Crippen molar-refractivity contribution in [3.8, 4) is 22.6 Å². The van der Waals surface area contributed by atoms with Crippen LogP contribution in [0.15, 0.2) is 18.5 Å². The maximum atomic E-state index is 13.0. The van der Waals surface area contributed by atoms with Crippen molar-refractivity contribution in [3.63, 3.8) is 0 Å². The fourth-order valence-corrected chi connectivity index (χ4v) is 2.92. The summed E-state index contributed by atoms with van der Waals surface area (Å²) in [4.78, 5) is 11.8. The van der Waals surface area contributed by atoms with Gasteiger partial charge >= 0.3 is 6.55 Å². The third-order valence-electron chi connectivity index (χ3n) is 3.89. The van der Waals surface area contributed by atoms with Crippen molar-refractivity contribution >= 4 is 5.97 Å². The Labute approximate surface area is 156 Å². The molecule has 148 valence electrons. The van der Waals surface area contributed by atoms with E-state index < -0.39 is 17.9 Å². The van der Waals surface area contributed by atoms with Gasteiger partial charge in [-0.1, -0.05) is 20.8 Å². The molecule has 0 spiro atoms. The number of alkyl halides is 2. The Morgan fingerprint density at radius 1 is 1.26 bits per heavy atom. The van der Waals surface area contributed by atoms with Crippen molar-refractivity contribution in [3.05, 3.63) is 29.6 Å². The number of aromatic carboxylic acids is 1. The summed E-state index contributed by atoms with van der Waals surface area (Å²) in [7, 11) is 0. The number of nitrogens with zero attached hydrogens (tertiary/aromatic N) is 2. The molecule has 0 aliphatic carbocycles. The van der Waals surface area contributed by atoms with Gasteiger partial charge in [0.2, 0.25) is 0 Å². The minimum absolute atomic E-state index is 0.150. The van der Waals surface area contributed by atoms with E-state index in [0.717, 1.165) is 6.20 Å². The molecule has 0 atom stereocenters. The van der Waals surface area contributed by atoms with Gasteiger partial charge in [-0.15, -0.1) is 0 Å². The molecule has 0 radical (unpaired) electrons. The largest absolute Gasteiger partial charge is 0.545 e. The van der Waals surface area contributed by atoms with E-state index in [0.29, 0.717) is 22.6 Å². The Balaban J connectivity index is 2.91. The molecule has 0 saturated heterocycles. The Bertz CT molecular complexity index is 826. The van der Waals surface area contributed by atoms with Gasteiger partial charge in [-0.2, -0.15) is 13.9 Å². The zero-order valence-corrected chi connectivity index (χ0v) is 16.0. The van der Waals surface area contributed by atoms with E-state index in [1.165, 1.54) is 12.3 Å². The highest BCUT2D eigenvalue weighted by atomic mass is 19.3. The number of halogens is 2. The highest BCUT2D eigenvalue weighted by molar-refractivity contribution is 5.98. The van der Waals surface area contributed by atoms with Crippen LogP contribution in [0.25, 0.3) is 11.1 Å². The average molecular weight is 381 g/mol. The van der Waals surface area contributed by atoms with Crippen molar-refractivity contribution in [2.45, 2.75) is 46.6 Å². The highest BCUT2D eigenvalue weighted by Crippen LogP contribution is 2.47. The van der Waals surface area contributed by atoms with Crippen molar-refractivity contribution in [2.24, 2.45) is 0 Å². The van der Waals surface area contributed by atoms with Gasteiger partial charge in [-0.3, -0.25) is 0 Å². The number of hydrogen-bond acceptors (Lipinski definition) is 5. The van der Waals surface area contributed by atoms with Crippen LogP contribution in [0.2, 0.25) is 0 Å². The first-order valence-corrected chi connectivity index (χ1v) is 8.62. The van der Waals surface area contributed by atoms with Gasteiger partial charge in [0.1, 0.15) is 11.5 Å². The van der Waals surface area contributed by atoms with E-state index in [9.17, 15) is 18.7 Å². The van der Waals surface area contributed by atoms with Gasteiger partial charge in [-0.25, -0.2) is 4.68 Å². The molecule has 6 nitrogen and oxygen atoms in total. The zero-order chi connectivity index (χ0) is 20.4. The number of hydrogen-bond donors (Lipinski definition) is 0. The molecule has 0 saturated carbocycles. The standard InChI is InChI=1S/C19H24F2N2O4/c1-6-26-13-8-12(17(24)25)14(11-9-22-23(10-11)18(20)21)16(27-7-2)15(13)19(3,4)5/h8-10,18H,6-7H2,1-5H3,(H,24,25)/p-1. The summed E-state index contributed by atoms with van der Waals surface area (Å²) in [6.45, 7) is 7.06. The summed E-state index contributed by atoms with van der Waals surface area (Å²) in [6.07, 6.45) is 2.27. The molecule has 0 amide bonds. The SMILES string of the molecule is CCOc1cc(C(=O)[O-])c(-c2cnn(C(F)F)c2)c(OCC)c1C(C)(C)C. The van der Waals surface area contributed by atoms with Crippen LogP contribution < -0.4 is 14.6 Å². The monoisotopic (exact) mass is 381 g/mol. The van der Waals surface area contributed by atoms with Crippen LogP contribution in [0.3, 0.4) is 0 Å². The van der Waals surface area contributed by atoms with Gasteiger partial charge in [0, 0.05) is 28.5 Å². The van der Waals surface area contributed by atoms with Crippen LogP contribution in [-0.2, 0) is 5.41 Å². The predicted octanol–water partition coefficient (Wildman–Crippen LogP) is 3.40. The second kappa shape index (κ2) is 7.94. The first kappa shape index (κ1) is 20.7. The number of carbonyl (C=O) groups excluding carboxylic acids is 1. The van der Waals surface area contributed by atoms with E-state index in [1.54, 1.807) is 13.8 Å². The Kier molecular flexibility index (Phi) is 6.08. The summed E-state index contributed by atoms with van der Waals surface area (Å²) in [6, 6.07) is 1.36. The third kappa shape index (κ3) is 4.20. The summed E-state index contributed by atoms with van der Waals surface area (Å²) >= 11 is 0. The third-order valence-corrected chi connectivity index (χ3v) is 3.89. The quantitative estimate of drug-likeness (QED) is 0.735. The number of carboxylic acids is 1. The predicted molar refractivity (Wildman–Crippen MR) is 94.3 cm³/mol. The molecule has 8 heteroatoms. The maximum Gasteiger partial charge on any atom is 0.333 e. The number of aromatic nitrogens is 2. The van der Waals surface area contributed by atoms with Crippen LogP contribution in [-0.4, -0.2) is 29.0 Å². The lowest BCUT2D eigenvalue weighted by molar-refractivity contribution is -0.255. The van der Waals surface area contributed by atoms with E-state index in [1.807, 2.05) is 20.8 Å². The molecule has 1 heterocycles. The number of carbonyl (C=O) groups is 1. The zero-order valence-electron chi connectivity index (χ0n) is 16.0. The number of benzene rings is 1. The van der Waals surface area contributed by atoms with Gasteiger partial charge in [0.15, 0.2) is 0 Å². The molecule has 1 aromatic heterocycles. The Morgan fingerprint density at radius 2 is 1.89 bits per heavy atom. The molecule has 0 bridgehead atoms. The summed E-state index contributed by atoms with van der Waals surface area (Å²) in [5.41, 5.74) is 0.329. The topological polar surface area (TPSA) is 76.4 Å². The Morgan fingerprint density at radius 3 is 2.33 bits per heavy atom. The molecule has 2 aromatic rings. The van der Waals surface area contributed by atoms with E-state index in [-0.39, 0.29) is 29.0 Å². The molecule has 0 fully saturated rings. The van der Waals surface area contributed by atoms with Crippen molar-refractivity contribution in [1.82, 2.24) is 9.78 Å². The van der Waals surface area contributed by atoms with Gasteiger partial charge in [0.05, 0.1) is 25.4 Å². The smallest absolute Gasteiger partial charge is 0.333 e. The van der Waals surface area contributed by atoms with Crippen molar-refractivity contribution in [2.75, 3.05) is 13.2 Å². The Hall–Kier alpha value is -2.64. The van der Waals surface area contributed by atoms with Gasteiger partial charge < -0.3 is 19.4 Å². The summed E-state index contributed by atoms with van der Waals surface area (Å²) < 4.78 is 37.8. The summed E-state index contributed by atoms with van der Waals surface area (Å²) in [5, 5.41) is 15.4. The molecule has 0 unspecified atom stereocenters. The first-order chi connectivity index (χ1) is 12.6. The maximum absolute atomic E-state index is 13.0. The molecule has 2 rings (SSSR count). The van der Waals surface area contributed by atoms with E-state index in [2.05, 4.69) is 5.10 Å². The van der Waals surface area contributed by atoms with Gasteiger partial charge in [0.25, 0.3) is 0 Å². The molecule has 0 N–H and O–H groups in total. The lowest BCUT2D eigenvalue weighted by Gasteiger charge is -2.29. The van der Waals surface area contributed by atoms with Crippen LogP contribution >= 0.6 is 0 Å². The second-order valence-corrected chi connectivity index (χ2v) is 6.89. The molecule has 0 aliphatic rings. The summed E-state index contributed by atoms with van der Waals surface area (Å²) in [5.74, 6) is -0.834. The molecular formula is C19H23F2N2O4-. The first-order valence-electron chi connectivity index (χ1n) is 8.62. The second-order valence-electron chi connectivity index (χ2n) is 6.89. The highest BCUT2D eigenvalue weighted by Gasteiger charge is 2.30. The minimum atomic E-state index is -2.84. The molecular weight excluding hydrogens is 358 g/mol. The lowest BCUT2D eigenvalue weighted by Crippen LogP contribution is -2.25. The van der Waals surface area contributed by atoms with Crippen LogP contribution in [0, 0.1) is 0 Å². The van der Waals surface area contributed by atoms with Crippen LogP contribution in [0.4, 0.5) is 8.78 Å². The van der Waals surface area contributed by atoms with Gasteiger partial charge in [-0.05, 0) is 25.3 Å². The normalized spacial score (nSPS) is 11.7. The lowest BCUT2D eigenvalue weighted by atomic mass is 9.82. The van der Waals surface area contributed by atoms with Crippen LogP contribution in [0.1, 0.15) is 57.1 Å². The average Bonchev–Trinajstić information content (AvgIpc) is 3.03. The molecule has 0 aliphatic heterocycles. The van der Waals surface area contributed by atoms with E-state index in [4.69, 9.17) is 9.47 Å². The minimum Gasteiger partial charge on any atom is -0.545 e. The fourth-order valence-electron chi connectivity index (χ4n) is 2.92. The number of rotatable bonds is 7. The van der Waals surface area contributed by atoms with Crippen LogP contribution in [0.5, 0.6) is 11.5 Å².